The van der Waals surface area contributed by atoms with Crippen LogP contribution < -0.4 is 5.73 Å². The Kier molecular flexibility index (Phi) is 3.26. The van der Waals surface area contributed by atoms with E-state index in [2.05, 4.69) is 0 Å². The van der Waals surface area contributed by atoms with Gasteiger partial charge in [0.15, 0.2) is 0 Å². The number of aliphatic hydroxyl groups is 2. The Morgan fingerprint density at radius 2 is 2.18 bits per heavy atom. The molecule has 0 spiro atoms. The lowest BCUT2D eigenvalue weighted by Gasteiger charge is -2.19. The molecule has 4 heteroatoms. The molecule has 1 aromatic carbocycles. The van der Waals surface area contributed by atoms with Gasteiger partial charge in [-0.05, 0) is 23.1 Å². The minimum atomic E-state index is -1.15. The molecular formula is C13H15NO3. The Morgan fingerprint density at radius 1 is 1.41 bits per heavy atom. The lowest BCUT2D eigenvalue weighted by atomic mass is 9.94. The smallest absolute Gasteiger partial charge is 0.220 e. The van der Waals surface area contributed by atoms with E-state index in [1.807, 2.05) is 24.3 Å². The van der Waals surface area contributed by atoms with E-state index >= 15 is 0 Å². The highest BCUT2D eigenvalue weighted by Gasteiger charge is 2.24. The van der Waals surface area contributed by atoms with Gasteiger partial charge in [0, 0.05) is 0 Å². The van der Waals surface area contributed by atoms with Gasteiger partial charge in [-0.3, -0.25) is 4.79 Å². The van der Waals surface area contributed by atoms with Gasteiger partial charge >= 0.3 is 0 Å². The van der Waals surface area contributed by atoms with Gasteiger partial charge in [-0.2, -0.15) is 0 Å². The van der Waals surface area contributed by atoms with Crippen LogP contribution in [0.15, 0.2) is 24.3 Å². The van der Waals surface area contributed by atoms with Crippen LogP contribution in [0.4, 0.5) is 0 Å². The van der Waals surface area contributed by atoms with Crippen molar-refractivity contribution in [2.45, 2.75) is 25.0 Å². The second-order valence-corrected chi connectivity index (χ2v) is 4.20. The Morgan fingerprint density at radius 3 is 2.88 bits per heavy atom. The second kappa shape index (κ2) is 4.69. The second-order valence-electron chi connectivity index (χ2n) is 4.20. The van der Waals surface area contributed by atoms with Crippen molar-refractivity contribution >= 4 is 12.0 Å². The molecule has 0 saturated carbocycles. The third kappa shape index (κ3) is 2.38. The van der Waals surface area contributed by atoms with Crippen LogP contribution in [0.2, 0.25) is 0 Å². The summed E-state index contributed by atoms with van der Waals surface area (Å²) in [5.41, 5.74) is 7.72. The molecule has 0 saturated heterocycles. The Hall–Kier alpha value is -1.65. The van der Waals surface area contributed by atoms with Crippen LogP contribution in [-0.4, -0.2) is 22.2 Å². The fourth-order valence-corrected chi connectivity index (χ4v) is 2.12. The fourth-order valence-electron chi connectivity index (χ4n) is 2.12. The van der Waals surface area contributed by atoms with Crippen molar-refractivity contribution in [2.75, 3.05) is 0 Å². The number of benzene rings is 1. The van der Waals surface area contributed by atoms with E-state index in [1.54, 1.807) is 6.07 Å². The zero-order valence-corrected chi connectivity index (χ0v) is 9.34. The topological polar surface area (TPSA) is 83.6 Å². The number of rotatable bonds is 4. The van der Waals surface area contributed by atoms with Crippen molar-refractivity contribution in [2.24, 2.45) is 5.73 Å². The monoisotopic (exact) mass is 233 g/mol. The molecule has 4 nitrogen and oxygen atoms in total. The molecule has 0 aromatic heterocycles. The van der Waals surface area contributed by atoms with Crippen LogP contribution in [0.25, 0.3) is 6.08 Å². The molecule has 0 heterocycles. The molecule has 2 rings (SSSR count). The van der Waals surface area contributed by atoms with E-state index < -0.39 is 18.1 Å². The Balaban J connectivity index is 2.23. The maximum atomic E-state index is 10.7. The van der Waals surface area contributed by atoms with Gasteiger partial charge in [0.1, 0.15) is 6.10 Å². The van der Waals surface area contributed by atoms with Crippen LogP contribution in [0, 0.1) is 0 Å². The first-order chi connectivity index (χ1) is 8.09. The molecular weight excluding hydrogens is 218 g/mol. The van der Waals surface area contributed by atoms with Gasteiger partial charge in [-0.15, -0.1) is 0 Å². The number of primary amides is 1. The number of amides is 1. The van der Waals surface area contributed by atoms with Gasteiger partial charge in [-0.25, -0.2) is 0 Å². The predicted octanol–water partition coefficient (Wildman–Crippen LogP) is 0.526. The van der Waals surface area contributed by atoms with E-state index in [0.717, 1.165) is 17.5 Å². The van der Waals surface area contributed by atoms with E-state index in [0.29, 0.717) is 5.56 Å². The third-order valence-corrected chi connectivity index (χ3v) is 2.96. The number of aliphatic hydroxyl groups excluding tert-OH is 2. The van der Waals surface area contributed by atoms with Gasteiger partial charge in [0.05, 0.1) is 12.5 Å². The summed E-state index contributed by atoms with van der Waals surface area (Å²) in [4.78, 5) is 10.7. The molecule has 1 aromatic rings. The maximum Gasteiger partial charge on any atom is 0.220 e. The van der Waals surface area contributed by atoms with Gasteiger partial charge in [-0.1, -0.05) is 30.4 Å². The predicted molar refractivity (Wildman–Crippen MR) is 64.0 cm³/mol. The summed E-state index contributed by atoms with van der Waals surface area (Å²) in [5.74, 6) is -0.623. The van der Waals surface area contributed by atoms with Gasteiger partial charge < -0.3 is 15.9 Å². The molecule has 2 unspecified atom stereocenters. The first kappa shape index (κ1) is 11.8. The quantitative estimate of drug-likeness (QED) is 0.709. The molecule has 1 aliphatic rings. The van der Waals surface area contributed by atoms with Crippen molar-refractivity contribution < 1.29 is 15.0 Å². The number of fused-ring (bicyclic) bond motifs is 1. The molecule has 1 aliphatic carbocycles. The standard InChI is InChI=1S/C13H15NO3/c14-12(16)7-11(15)13(17)10-6-2-4-8-3-1-5-9(8)10/h1-4,6,11,13,15,17H,5,7H2,(H2,14,16). The lowest BCUT2D eigenvalue weighted by molar-refractivity contribution is -0.121. The normalized spacial score (nSPS) is 16.6. The minimum absolute atomic E-state index is 0.238. The summed E-state index contributed by atoms with van der Waals surface area (Å²) < 4.78 is 0. The fraction of sp³-hybridized carbons (Fsp3) is 0.308. The summed E-state index contributed by atoms with van der Waals surface area (Å²) in [7, 11) is 0. The molecule has 17 heavy (non-hydrogen) atoms. The van der Waals surface area contributed by atoms with E-state index in [1.165, 1.54) is 0 Å². The van der Waals surface area contributed by atoms with Crippen LogP contribution >= 0.6 is 0 Å². The number of hydrogen-bond donors (Lipinski definition) is 3. The molecule has 90 valence electrons. The third-order valence-electron chi connectivity index (χ3n) is 2.96. The van der Waals surface area contributed by atoms with Crippen LogP contribution in [0.5, 0.6) is 0 Å². The average molecular weight is 233 g/mol. The zero-order valence-electron chi connectivity index (χ0n) is 9.34. The maximum absolute atomic E-state index is 10.7. The van der Waals surface area contributed by atoms with Crippen molar-refractivity contribution in [1.82, 2.24) is 0 Å². The van der Waals surface area contributed by atoms with Crippen LogP contribution in [0.1, 0.15) is 29.2 Å². The highest BCUT2D eigenvalue weighted by Crippen LogP contribution is 2.29. The summed E-state index contributed by atoms with van der Waals surface area (Å²) in [6.45, 7) is 0. The summed E-state index contributed by atoms with van der Waals surface area (Å²) in [5, 5.41) is 19.7. The molecule has 2 atom stereocenters. The number of hydrogen-bond acceptors (Lipinski definition) is 3. The first-order valence-electron chi connectivity index (χ1n) is 5.52. The molecule has 0 radical (unpaired) electrons. The summed E-state index contributed by atoms with van der Waals surface area (Å²) >= 11 is 0. The summed E-state index contributed by atoms with van der Waals surface area (Å²) in [6.07, 6.45) is 2.26. The largest absolute Gasteiger partial charge is 0.390 e. The highest BCUT2D eigenvalue weighted by atomic mass is 16.3. The average Bonchev–Trinajstić information content (AvgIpc) is 2.74. The number of allylic oxidation sites excluding steroid dienone is 1. The molecule has 1 amide bonds. The lowest BCUT2D eigenvalue weighted by Crippen LogP contribution is -2.26. The van der Waals surface area contributed by atoms with E-state index in [4.69, 9.17) is 5.73 Å². The van der Waals surface area contributed by atoms with Crippen molar-refractivity contribution in [3.8, 4) is 0 Å². The van der Waals surface area contributed by atoms with Crippen LogP contribution in [0.3, 0.4) is 0 Å². The Bertz CT molecular complexity index is 468. The summed E-state index contributed by atoms with van der Waals surface area (Å²) in [6, 6.07) is 5.54. The zero-order chi connectivity index (χ0) is 12.4. The number of carbonyl (C=O) groups excluding carboxylic acids is 1. The van der Waals surface area contributed by atoms with Crippen LogP contribution in [-0.2, 0) is 11.2 Å². The number of carbonyl (C=O) groups is 1. The number of nitrogens with two attached hydrogens (primary N) is 1. The highest BCUT2D eigenvalue weighted by molar-refractivity contribution is 5.74. The first-order valence-corrected chi connectivity index (χ1v) is 5.52. The minimum Gasteiger partial charge on any atom is -0.390 e. The molecule has 0 fully saturated rings. The van der Waals surface area contributed by atoms with E-state index in [-0.39, 0.29) is 6.42 Å². The van der Waals surface area contributed by atoms with Gasteiger partial charge in [0.2, 0.25) is 5.91 Å². The van der Waals surface area contributed by atoms with Crippen molar-refractivity contribution in [3.05, 3.63) is 41.0 Å². The molecule has 4 N–H and O–H groups in total. The SMILES string of the molecule is NC(=O)CC(O)C(O)c1cccc2c1CC=C2. The Labute approximate surface area is 99.4 Å². The van der Waals surface area contributed by atoms with E-state index in [9.17, 15) is 15.0 Å². The van der Waals surface area contributed by atoms with Crippen molar-refractivity contribution in [3.63, 3.8) is 0 Å². The molecule has 0 bridgehead atoms. The van der Waals surface area contributed by atoms with Crippen molar-refractivity contribution in [1.29, 1.82) is 0 Å². The molecule has 0 aliphatic heterocycles. The van der Waals surface area contributed by atoms with Gasteiger partial charge in [0.25, 0.3) is 0 Å².